The van der Waals surface area contributed by atoms with Gasteiger partial charge in [-0.05, 0) is 6.42 Å². The molecule has 2 fully saturated rings. The van der Waals surface area contributed by atoms with Gasteiger partial charge in [0, 0.05) is 6.61 Å². The molecule has 0 aromatic rings. The first-order valence-electron chi connectivity index (χ1n) is 10.1. The third-order valence-corrected chi connectivity index (χ3v) is 5.24. The van der Waals surface area contributed by atoms with Crippen LogP contribution in [0.3, 0.4) is 0 Å². The summed E-state index contributed by atoms with van der Waals surface area (Å²) in [4.78, 5) is 0. The third-order valence-electron chi connectivity index (χ3n) is 5.24. The lowest BCUT2D eigenvalue weighted by Crippen LogP contribution is -2.64. The van der Waals surface area contributed by atoms with E-state index in [1.54, 1.807) is 0 Å². The number of aliphatic hydroxyl groups excluding tert-OH is 7. The number of rotatable bonds is 10. The van der Waals surface area contributed by atoms with Gasteiger partial charge < -0.3 is 54.7 Å². The second-order valence-corrected chi connectivity index (χ2v) is 7.44. The zero-order valence-electron chi connectivity index (χ0n) is 16.5. The van der Waals surface area contributed by atoms with Gasteiger partial charge in [-0.1, -0.05) is 26.2 Å². The summed E-state index contributed by atoms with van der Waals surface area (Å²) in [6, 6.07) is 0. The van der Waals surface area contributed by atoms with Crippen molar-refractivity contribution in [3.8, 4) is 0 Å². The van der Waals surface area contributed by atoms with Crippen molar-refractivity contribution in [3.05, 3.63) is 0 Å². The summed E-state index contributed by atoms with van der Waals surface area (Å²) in [7, 11) is 0. The quantitative estimate of drug-likeness (QED) is 0.180. The molecule has 10 atom stereocenters. The van der Waals surface area contributed by atoms with E-state index in [1.807, 2.05) is 0 Å². The van der Waals surface area contributed by atoms with Crippen molar-refractivity contribution in [2.24, 2.45) is 0 Å². The molecular weight excluding hydrogens is 392 g/mol. The fourth-order valence-electron chi connectivity index (χ4n) is 3.42. The second kappa shape index (κ2) is 11.8. The molecule has 2 aliphatic heterocycles. The summed E-state index contributed by atoms with van der Waals surface area (Å²) < 4.78 is 21.7. The molecule has 0 aromatic heterocycles. The molecule has 0 aliphatic carbocycles. The zero-order chi connectivity index (χ0) is 21.6. The monoisotopic (exact) mass is 426 g/mol. The average molecular weight is 426 g/mol. The van der Waals surface area contributed by atoms with Crippen LogP contribution in [0.15, 0.2) is 0 Å². The van der Waals surface area contributed by atoms with Crippen LogP contribution in [0, 0.1) is 0 Å². The van der Waals surface area contributed by atoms with E-state index < -0.39 is 74.6 Å². The molecule has 0 radical (unpaired) electrons. The smallest absolute Gasteiger partial charge is 0.187 e. The molecule has 6 unspecified atom stereocenters. The van der Waals surface area contributed by atoms with Crippen molar-refractivity contribution < 1.29 is 54.7 Å². The summed E-state index contributed by atoms with van der Waals surface area (Å²) in [5.74, 6) is 0. The first kappa shape index (κ1) is 24.8. The molecule has 29 heavy (non-hydrogen) atoms. The predicted octanol–water partition coefficient (Wildman–Crippen LogP) is -2.79. The van der Waals surface area contributed by atoms with Crippen LogP contribution < -0.4 is 0 Å². The predicted molar refractivity (Wildman–Crippen MR) is 96.5 cm³/mol. The van der Waals surface area contributed by atoms with E-state index >= 15 is 0 Å². The van der Waals surface area contributed by atoms with E-state index in [4.69, 9.17) is 18.9 Å². The maximum atomic E-state index is 10.5. The molecule has 11 heteroatoms. The molecule has 0 amide bonds. The van der Waals surface area contributed by atoms with Crippen LogP contribution in [-0.2, 0) is 18.9 Å². The Hall–Kier alpha value is -0.440. The molecular formula is C18H34O11. The topological polar surface area (TPSA) is 179 Å². The molecule has 0 bridgehead atoms. The van der Waals surface area contributed by atoms with Crippen LogP contribution in [-0.4, -0.2) is 117 Å². The molecule has 2 heterocycles. The highest BCUT2D eigenvalue weighted by molar-refractivity contribution is 4.94. The Kier molecular flexibility index (Phi) is 10.1. The Morgan fingerprint density at radius 3 is 1.93 bits per heavy atom. The lowest BCUT2D eigenvalue weighted by molar-refractivity contribution is -0.359. The minimum Gasteiger partial charge on any atom is -0.394 e. The van der Waals surface area contributed by atoms with Crippen molar-refractivity contribution in [1.82, 2.24) is 0 Å². The normalized spacial score (nSPS) is 43.4. The van der Waals surface area contributed by atoms with Gasteiger partial charge in [-0.3, -0.25) is 0 Å². The lowest BCUT2D eigenvalue weighted by Gasteiger charge is -2.45. The number of unbranched alkanes of at least 4 members (excludes halogenated alkanes) is 3. The summed E-state index contributed by atoms with van der Waals surface area (Å²) in [5.41, 5.74) is 0. The Morgan fingerprint density at radius 1 is 0.690 bits per heavy atom. The van der Waals surface area contributed by atoms with Crippen LogP contribution >= 0.6 is 0 Å². The summed E-state index contributed by atoms with van der Waals surface area (Å²) >= 11 is 0. The number of ether oxygens (including phenoxy) is 4. The number of hydrogen-bond acceptors (Lipinski definition) is 11. The van der Waals surface area contributed by atoms with Crippen molar-refractivity contribution in [1.29, 1.82) is 0 Å². The minimum atomic E-state index is -1.69. The number of aliphatic hydroxyl groups is 7. The van der Waals surface area contributed by atoms with E-state index in [2.05, 4.69) is 6.92 Å². The molecule has 2 rings (SSSR count). The second-order valence-electron chi connectivity index (χ2n) is 7.44. The van der Waals surface area contributed by atoms with Crippen LogP contribution in [0.4, 0.5) is 0 Å². The molecule has 2 aliphatic rings. The largest absolute Gasteiger partial charge is 0.394 e. The first-order valence-corrected chi connectivity index (χ1v) is 10.1. The van der Waals surface area contributed by atoms with Gasteiger partial charge in [0.1, 0.15) is 48.8 Å². The molecule has 0 aromatic carbocycles. The van der Waals surface area contributed by atoms with Gasteiger partial charge in [-0.2, -0.15) is 0 Å². The SMILES string of the molecule is CCCCCCO[C@@H]1OC(CO)[C@@H](O[C@H]2OC(CO)[C@@H](O)C(O)C2O)C(O)C1O. The Bertz CT molecular complexity index is 463. The average Bonchev–Trinajstić information content (AvgIpc) is 2.72. The highest BCUT2D eigenvalue weighted by Gasteiger charge is 2.50. The van der Waals surface area contributed by atoms with Crippen molar-refractivity contribution in [2.75, 3.05) is 19.8 Å². The van der Waals surface area contributed by atoms with Gasteiger partial charge in [0.2, 0.25) is 0 Å². The van der Waals surface area contributed by atoms with Crippen molar-refractivity contribution in [2.45, 2.75) is 94.0 Å². The van der Waals surface area contributed by atoms with Gasteiger partial charge in [0.25, 0.3) is 0 Å². The van der Waals surface area contributed by atoms with E-state index in [1.165, 1.54) is 0 Å². The summed E-state index contributed by atoms with van der Waals surface area (Å²) in [6.07, 6.45) is -10.5. The van der Waals surface area contributed by atoms with Gasteiger partial charge in [-0.25, -0.2) is 0 Å². The van der Waals surface area contributed by atoms with Crippen LogP contribution in [0.2, 0.25) is 0 Å². The molecule has 11 nitrogen and oxygen atoms in total. The molecule has 172 valence electrons. The minimum absolute atomic E-state index is 0.310. The van der Waals surface area contributed by atoms with Crippen LogP contribution in [0.25, 0.3) is 0 Å². The molecule has 2 saturated heterocycles. The maximum Gasteiger partial charge on any atom is 0.187 e. The van der Waals surface area contributed by atoms with Gasteiger partial charge in [0.05, 0.1) is 13.2 Å². The Morgan fingerprint density at radius 2 is 1.31 bits per heavy atom. The lowest BCUT2D eigenvalue weighted by atomic mass is 9.97. The Labute approximate surface area is 169 Å². The molecule has 0 spiro atoms. The van der Waals surface area contributed by atoms with Crippen LogP contribution in [0.5, 0.6) is 0 Å². The maximum absolute atomic E-state index is 10.5. The third kappa shape index (κ3) is 6.05. The van der Waals surface area contributed by atoms with Gasteiger partial charge in [0.15, 0.2) is 12.6 Å². The zero-order valence-corrected chi connectivity index (χ0v) is 16.5. The van der Waals surface area contributed by atoms with Gasteiger partial charge in [-0.15, -0.1) is 0 Å². The van der Waals surface area contributed by atoms with E-state index in [-0.39, 0.29) is 0 Å². The fraction of sp³-hybridized carbons (Fsp3) is 1.00. The molecule has 7 N–H and O–H groups in total. The van der Waals surface area contributed by atoms with E-state index in [0.717, 1.165) is 25.7 Å². The highest BCUT2D eigenvalue weighted by atomic mass is 16.7. The number of hydrogen-bond donors (Lipinski definition) is 7. The first-order chi connectivity index (χ1) is 13.8. The standard InChI is InChI=1S/C18H34O11/c1-2-3-4-5-6-26-17-15(25)13(23)16(10(8-20)28-17)29-18-14(24)12(22)11(21)9(7-19)27-18/h9-25H,2-8H2,1H3/t9?,10?,11-,12?,13?,14?,15?,16-,17-,18-/m1/s1. The Balaban J connectivity index is 1.98. The van der Waals surface area contributed by atoms with Crippen molar-refractivity contribution in [3.63, 3.8) is 0 Å². The van der Waals surface area contributed by atoms with E-state index in [0.29, 0.717) is 6.61 Å². The molecule has 0 saturated carbocycles. The highest BCUT2D eigenvalue weighted by Crippen LogP contribution is 2.29. The van der Waals surface area contributed by atoms with Gasteiger partial charge >= 0.3 is 0 Å². The summed E-state index contributed by atoms with van der Waals surface area (Å²) in [5, 5.41) is 69.4. The van der Waals surface area contributed by atoms with Crippen LogP contribution in [0.1, 0.15) is 32.6 Å². The summed E-state index contributed by atoms with van der Waals surface area (Å²) in [6.45, 7) is 1.16. The fourth-order valence-corrected chi connectivity index (χ4v) is 3.42. The van der Waals surface area contributed by atoms with Crippen molar-refractivity contribution >= 4 is 0 Å². The van der Waals surface area contributed by atoms with E-state index in [9.17, 15) is 35.7 Å².